The second-order valence-electron chi connectivity index (χ2n) is 4.84. The van der Waals surface area contributed by atoms with E-state index in [4.69, 9.17) is 4.74 Å². The Kier molecular flexibility index (Phi) is 4.62. The lowest BCUT2D eigenvalue weighted by atomic mass is 10.2. The van der Waals surface area contributed by atoms with Crippen LogP contribution in [0.4, 0.5) is 4.79 Å². The van der Waals surface area contributed by atoms with Gasteiger partial charge in [0.15, 0.2) is 0 Å². The maximum atomic E-state index is 12.0. The Morgan fingerprint density at radius 2 is 2.41 bits per heavy atom. The molecule has 0 radical (unpaired) electrons. The smallest absolute Gasteiger partial charge is 0.317 e. The zero-order valence-corrected chi connectivity index (χ0v) is 10.6. The minimum Gasteiger partial charge on any atom is -0.379 e. The SMILES string of the molecule is CCN(CC1CCCN1)C(=O)NC1CCOC1. The molecule has 0 aromatic carbocycles. The number of hydrogen-bond acceptors (Lipinski definition) is 3. The van der Waals surface area contributed by atoms with Crippen molar-refractivity contribution in [3.63, 3.8) is 0 Å². The van der Waals surface area contributed by atoms with Crippen molar-refractivity contribution in [3.05, 3.63) is 0 Å². The fourth-order valence-corrected chi connectivity index (χ4v) is 2.45. The minimum absolute atomic E-state index is 0.0525. The highest BCUT2D eigenvalue weighted by Crippen LogP contribution is 2.08. The van der Waals surface area contributed by atoms with E-state index in [1.54, 1.807) is 0 Å². The molecule has 2 aliphatic rings. The number of carbonyl (C=O) groups is 1. The van der Waals surface area contributed by atoms with Crippen LogP contribution in [-0.2, 0) is 4.74 Å². The molecule has 2 amide bonds. The molecule has 0 bridgehead atoms. The van der Waals surface area contributed by atoms with Crippen molar-refractivity contribution in [1.82, 2.24) is 15.5 Å². The fourth-order valence-electron chi connectivity index (χ4n) is 2.45. The summed E-state index contributed by atoms with van der Waals surface area (Å²) in [5, 5.41) is 6.46. The molecule has 0 spiro atoms. The molecule has 2 saturated heterocycles. The van der Waals surface area contributed by atoms with Crippen molar-refractivity contribution in [2.75, 3.05) is 32.8 Å². The van der Waals surface area contributed by atoms with E-state index in [-0.39, 0.29) is 12.1 Å². The van der Waals surface area contributed by atoms with E-state index in [1.165, 1.54) is 12.8 Å². The molecule has 5 heteroatoms. The van der Waals surface area contributed by atoms with Crippen molar-refractivity contribution >= 4 is 6.03 Å². The number of likely N-dealkylation sites (N-methyl/N-ethyl adjacent to an activating group) is 1. The molecular weight excluding hydrogens is 218 g/mol. The first-order valence-corrected chi connectivity index (χ1v) is 6.66. The third-order valence-corrected chi connectivity index (χ3v) is 3.53. The number of rotatable bonds is 4. The first-order chi connectivity index (χ1) is 8.29. The molecule has 5 nitrogen and oxygen atoms in total. The standard InChI is InChI=1S/C12H23N3O2/c1-2-15(8-10-4-3-6-13-10)12(16)14-11-5-7-17-9-11/h10-11,13H,2-9H2,1H3,(H,14,16). The molecule has 2 heterocycles. The van der Waals surface area contributed by atoms with Crippen LogP contribution in [0, 0.1) is 0 Å². The average molecular weight is 241 g/mol. The Morgan fingerprint density at radius 1 is 1.53 bits per heavy atom. The fraction of sp³-hybridized carbons (Fsp3) is 0.917. The lowest BCUT2D eigenvalue weighted by Gasteiger charge is -2.26. The highest BCUT2D eigenvalue weighted by molar-refractivity contribution is 5.74. The maximum absolute atomic E-state index is 12.0. The molecule has 0 saturated carbocycles. The largest absolute Gasteiger partial charge is 0.379 e. The van der Waals surface area contributed by atoms with Gasteiger partial charge in [-0.1, -0.05) is 0 Å². The van der Waals surface area contributed by atoms with Crippen LogP contribution in [0.25, 0.3) is 0 Å². The summed E-state index contributed by atoms with van der Waals surface area (Å²) >= 11 is 0. The van der Waals surface area contributed by atoms with E-state index < -0.39 is 0 Å². The topological polar surface area (TPSA) is 53.6 Å². The summed E-state index contributed by atoms with van der Waals surface area (Å²) in [4.78, 5) is 13.9. The normalized spacial score (nSPS) is 28.3. The average Bonchev–Trinajstić information content (AvgIpc) is 2.97. The number of carbonyl (C=O) groups excluding carboxylic acids is 1. The van der Waals surface area contributed by atoms with Gasteiger partial charge in [-0.25, -0.2) is 4.79 Å². The molecule has 2 fully saturated rings. The second-order valence-corrected chi connectivity index (χ2v) is 4.84. The third kappa shape index (κ3) is 3.57. The highest BCUT2D eigenvalue weighted by Gasteiger charge is 2.23. The van der Waals surface area contributed by atoms with Crippen LogP contribution in [0.15, 0.2) is 0 Å². The number of amides is 2. The van der Waals surface area contributed by atoms with Gasteiger partial charge in [0, 0.05) is 25.7 Å². The zero-order chi connectivity index (χ0) is 12.1. The summed E-state index contributed by atoms with van der Waals surface area (Å²) in [5.74, 6) is 0. The van der Waals surface area contributed by atoms with Crippen LogP contribution in [0.1, 0.15) is 26.2 Å². The van der Waals surface area contributed by atoms with Crippen LogP contribution < -0.4 is 10.6 Å². The van der Waals surface area contributed by atoms with E-state index in [9.17, 15) is 4.79 Å². The van der Waals surface area contributed by atoms with Crippen LogP contribution in [0.2, 0.25) is 0 Å². The first-order valence-electron chi connectivity index (χ1n) is 6.66. The van der Waals surface area contributed by atoms with Crippen molar-refractivity contribution in [3.8, 4) is 0 Å². The lowest BCUT2D eigenvalue weighted by Crippen LogP contribution is -2.48. The predicted octanol–water partition coefficient (Wildman–Crippen LogP) is 0.559. The molecule has 17 heavy (non-hydrogen) atoms. The first kappa shape index (κ1) is 12.6. The molecule has 0 aliphatic carbocycles. The Balaban J connectivity index is 1.77. The van der Waals surface area contributed by atoms with Crippen molar-refractivity contribution in [2.24, 2.45) is 0 Å². The quantitative estimate of drug-likeness (QED) is 0.756. The van der Waals surface area contributed by atoms with Gasteiger partial charge < -0.3 is 20.3 Å². The molecule has 2 unspecified atom stereocenters. The molecule has 2 rings (SSSR count). The Morgan fingerprint density at radius 3 is 3.00 bits per heavy atom. The Hall–Kier alpha value is -0.810. The lowest BCUT2D eigenvalue weighted by molar-refractivity contribution is 0.177. The molecule has 0 aromatic heterocycles. The summed E-state index contributed by atoms with van der Waals surface area (Å²) in [5.41, 5.74) is 0. The third-order valence-electron chi connectivity index (χ3n) is 3.53. The summed E-state index contributed by atoms with van der Waals surface area (Å²) in [6.07, 6.45) is 3.33. The second kappa shape index (κ2) is 6.21. The van der Waals surface area contributed by atoms with E-state index in [2.05, 4.69) is 10.6 Å². The van der Waals surface area contributed by atoms with Crippen LogP contribution >= 0.6 is 0 Å². The number of nitrogens with one attached hydrogen (secondary N) is 2. The van der Waals surface area contributed by atoms with Gasteiger partial charge in [-0.2, -0.15) is 0 Å². The highest BCUT2D eigenvalue weighted by atomic mass is 16.5. The van der Waals surface area contributed by atoms with Gasteiger partial charge in [-0.3, -0.25) is 0 Å². The molecule has 2 N–H and O–H groups in total. The van der Waals surface area contributed by atoms with Crippen LogP contribution in [0.3, 0.4) is 0 Å². The number of urea groups is 1. The monoisotopic (exact) mass is 241 g/mol. The van der Waals surface area contributed by atoms with Crippen molar-refractivity contribution < 1.29 is 9.53 Å². The minimum atomic E-state index is 0.0525. The number of ether oxygens (including phenoxy) is 1. The van der Waals surface area contributed by atoms with Crippen molar-refractivity contribution in [2.45, 2.75) is 38.3 Å². The maximum Gasteiger partial charge on any atom is 0.317 e. The molecule has 2 atom stereocenters. The number of hydrogen-bond donors (Lipinski definition) is 2. The van der Waals surface area contributed by atoms with Gasteiger partial charge in [-0.15, -0.1) is 0 Å². The summed E-state index contributed by atoms with van der Waals surface area (Å²) in [6, 6.07) is 0.727. The van der Waals surface area contributed by atoms with Crippen LogP contribution in [-0.4, -0.2) is 55.9 Å². The van der Waals surface area contributed by atoms with Gasteiger partial charge in [0.05, 0.1) is 12.6 Å². The molecular formula is C12H23N3O2. The Labute approximate surface area is 103 Å². The predicted molar refractivity (Wildman–Crippen MR) is 66.0 cm³/mol. The summed E-state index contributed by atoms with van der Waals surface area (Å²) < 4.78 is 5.26. The summed E-state index contributed by atoms with van der Waals surface area (Å²) in [6.45, 7) is 6.11. The van der Waals surface area contributed by atoms with Gasteiger partial charge >= 0.3 is 6.03 Å². The summed E-state index contributed by atoms with van der Waals surface area (Å²) in [7, 11) is 0. The van der Waals surface area contributed by atoms with Gasteiger partial charge in [-0.05, 0) is 32.7 Å². The molecule has 98 valence electrons. The van der Waals surface area contributed by atoms with E-state index in [0.29, 0.717) is 12.6 Å². The van der Waals surface area contributed by atoms with E-state index in [0.717, 1.165) is 32.7 Å². The van der Waals surface area contributed by atoms with Crippen LogP contribution in [0.5, 0.6) is 0 Å². The van der Waals surface area contributed by atoms with E-state index >= 15 is 0 Å². The number of nitrogens with zero attached hydrogens (tertiary/aromatic N) is 1. The van der Waals surface area contributed by atoms with Gasteiger partial charge in [0.1, 0.15) is 0 Å². The molecule has 0 aromatic rings. The van der Waals surface area contributed by atoms with E-state index in [1.807, 2.05) is 11.8 Å². The van der Waals surface area contributed by atoms with Crippen molar-refractivity contribution in [1.29, 1.82) is 0 Å². The molecule has 2 aliphatic heterocycles. The zero-order valence-electron chi connectivity index (χ0n) is 10.6. The Bertz CT molecular complexity index is 248. The van der Waals surface area contributed by atoms with Gasteiger partial charge in [0.25, 0.3) is 0 Å². The van der Waals surface area contributed by atoms with Gasteiger partial charge in [0.2, 0.25) is 0 Å².